The van der Waals surface area contributed by atoms with E-state index in [0.717, 1.165) is 31.5 Å². The van der Waals surface area contributed by atoms with Crippen molar-refractivity contribution in [3.05, 3.63) is 71.8 Å². The van der Waals surface area contributed by atoms with Crippen molar-refractivity contribution in [1.29, 1.82) is 0 Å². The Morgan fingerprint density at radius 3 is 2.04 bits per heavy atom. The minimum absolute atomic E-state index is 0.0239. The van der Waals surface area contributed by atoms with Gasteiger partial charge < -0.3 is 10.6 Å². The van der Waals surface area contributed by atoms with Crippen molar-refractivity contribution >= 4 is 5.91 Å². The van der Waals surface area contributed by atoms with Crippen LogP contribution in [0.15, 0.2) is 60.7 Å². The molecule has 1 saturated heterocycles. The summed E-state index contributed by atoms with van der Waals surface area (Å²) in [6, 6.07) is 20.6. The molecule has 1 amide bonds. The van der Waals surface area contributed by atoms with E-state index in [1.807, 2.05) is 42.2 Å². The molecular formula is C23H31N3O. The molecule has 0 saturated carbocycles. The van der Waals surface area contributed by atoms with Gasteiger partial charge in [0, 0.05) is 25.2 Å². The van der Waals surface area contributed by atoms with Gasteiger partial charge >= 0.3 is 0 Å². The summed E-state index contributed by atoms with van der Waals surface area (Å²) < 4.78 is 0. The number of rotatable bonds is 5. The van der Waals surface area contributed by atoms with Crippen LogP contribution in [0.5, 0.6) is 0 Å². The van der Waals surface area contributed by atoms with Gasteiger partial charge in [0.15, 0.2) is 0 Å². The first-order chi connectivity index (χ1) is 12.9. The summed E-state index contributed by atoms with van der Waals surface area (Å²) in [4.78, 5) is 17.7. The predicted molar refractivity (Wildman–Crippen MR) is 110 cm³/mol. The highest BCUT2D eigenvalue weighted by Crippen LogP contribution is 2.38. The summed E-state index contributed by atoms with van der Waals surface area (Å²) in [7, 11) is 4.27. The van der Waals surface area contributed by atoms with Crippen LogP contribution in [0.1, 0.15) is 30.9 Å². The third-order valence-electron chi connectivity index (χ3n) is 6.34. The number of hydrogen-bond acceptors (Lipinski definition) is 3. The largest absolute Gasteiger partial charge is 0.342 e. The minimum atomic E-state index is -0.674. The first-order valence-electron chi connectivity index (χ1n) is 9.72. The van der Waals surface area contributed by atoms with Crippen LogP contribution >= 0.6 is 0 Å². The molecule has 1 heterocycles. The Bertz CT molecular complexity index is 752. The highest BCUT2D eigenvalue weighted by molar-refractivity contribution is 5.88. The highest BCUT2D eigenvalue weighted by Gasteiger charge is 2.43. The number of nitrogens with zero attached hydrogens (tertiary/aromatic N) is 2. The third kappa shape index (κ3) is 3.52. The SMILES string of the molecule is CN(C)C1(c2ccccc2)CCN(C(=O)C(C)(CN)c2ccccc2)CC1. The maximum absolute atomic E-state index is 13.4. The Kier molecular flexibility index (Phi) is 5.68. The molecule has 0 radical (unpaired) electrons. The molecule has 0 spiro atoms. The van der Waals surface area contributed by atoms with Crippen LogP contribution in [0.3, 0.4) is 0 Å². The van der Waals surface area contributed by atoms with Crippen LogP contribution in [0, 0.1) is 0 Å². The Labute approximate surface area is 163 Å². The molecule has 144 valence electrons. The van der Waals surface area contributed by atoms with Gasteiger partial charge in [0.1, 0.15) is 0 Å². The fourth-order valence-electron chi connectivity index (χ4n) is 4.31. The number of carbonyl (C=O) groups excluding carboxylic acids is 1. The van der Waals surface area contributed by atoms with Crippen LogP contribution in [0.2, 0.25) is 0 Å². The maximum Gasteiger partial charge on any atom is 0.234 e. The first-order valence-corrected chi connectivity index (χ1v) is 9.72. The monoisotopic (exact) mass is 365 g/mol. The molecule has 2 N–H and O–H groups in total. The second-order valence-corrected chi connectivity index (χ2v) is 7.99. The Balaban J connectivity index is 1.81. The van der Waals surface area contributed by atoms with Gasteiger partial charge in [-0.1, -0.05) is 60.7 Å². The lowest BCUT2D eigenvalue weighted by atomic mass is 9.77. The zero-order chi connectivity index (χ0) is 19.5. The van der Waals surface area contributed by atoms with Gasteiger partial charge in [0.2, 0.25) is 5.91 Å². The molecule has 2 aromatic carbocycles. The molecule has 27 heavy (non-hydrogen) atoms. The molecule has 4 nitrogen and oxygen atoms in total. The summed E-state index contributed by atoms with van der Waals surface area (Å²) in [6.07, 6.45) is 1.84. The average Bonchev–Trinajstić information content (AvgIpc) is 2.73. The topological polar surface area (TPSA) is 49.6 Å². The van der Waals surface area contributed by atoms with E-state index in [2.05, 4.69) is 49.3 Å². The molecule has 0 aliphatic carbocycles. The standard InChI is InChI=1S/C23H31N3O/c1-22(18-24,19-10-6-4-7-11-19)21(27)26-16-14-23(15-17-26,25(2)3)20-12-8-5-9-13-20/h4-13H,14-18,24H2,1-3H3. The zero-order valence-corrected chi connectivity index (χ0v) is 16.7. The number of nitrogens with two attached hydrogens (primary N) is 1. The van der Waals surface area contributed by atoms with E-state index >= 15 is 0 Å². The average molecular weight is 366 g/mol. The van der Waals surface area contributed by atoms with Crippen LogP contribution in [0.4, 0.5) is 0 Å². The number of benzene rings is 2. The minimum Gasteiger partial charge on any atom is -0.342 e. The fourth-order valence-corrected chi connectivity index (χ4v) is 4.31. The summed E-state index contributed by atoms with van der Waals surface area (Å²) in [5.74, 6) is 0.136. The Morgan fingerprint density at radius 2 is 1.56 bits per heavy atom. The van der Waals surface area contributed by atoms with Crippen molar-refractivity contribution in [3.63, 3.8) is 0 Å². The summed E-state index contributed by atoms with van der Waals surface area (Å²) in [6.45, 7) is 3.77. The van der Waals surface area contributed by atoms with Gasteiger partial charge in [-0.25, -0.2) is 0 Å². The molecule has 1 unspecified atom stereocenters. The van der Waals surface area contributed by atoms with Crippen LogP contribution in [0.25, 0.3) is 0 Å². The third-order valence-corrected chi connectivity index (χ3v) is 6.34. The molecule has 0 bridgehead atoms. The number of hydrogen-bond donors (Lipinski definition) is 1. The van der Waals surface area contributed by atoms with Gasteiger partial charge in [-0.05, 0) is 45.0 Å². The van der Waals surface area contributed by atoms with Gasteiger partial charge in [-0.15, -0.1) is 0 Å². The smallest absolute Gasteiger partial charge is 0.234 e. The first kappa shape index (κ1) is 19.6. The van der Waals surface area contributed by atoms with Crippen molar-refractivity contribution in [2.75, 3.05) is 33.7 Å². The highest BCUT2D eigenvalue weighted by atomic mass is 16.2. The molecule has 1 aliphatic heterocycles. The Morgan fingerprint density at radius 1 is 1.04 bits per heavy atom. The molecule has 4 heteroatoms. The summed E-state index contributed by atoms with van der Waals surface area (Å²) in [5, 5.41) is 0. The molecule has 1 fully saturated rings. The van der Waals surface area contributed by atoms with Gasteiger partial charge in [0.05, 0.1) is 5.41 Å². The van der Waals surface area contributed by atoms with E-state index in [1.165, 1.54) is 5.56 Å². The maximum atomic E-state index is 13.4. The molecule has 1 atom stereocenters. The zero-order valence-electron chi connectivity index (χ0n) is 16.7. The van der Waals surface area contributed by atoms with E-state index in [0.29, 0.717) is 6.54 Å². The molecule has 1 aliphatic rings. The van der Waals surface area contributed by atoms with Crippen LogP contribution in [-0.2, 0) is 15.7 Å². The van der Waals surface area contributed by atoms with Gasteiger partial charge in [-0.2, -0.15) is 0 Å². The van der Waals surface area contributed by atoms with Crippen molar-refractivity contribution in [2.24, 2.45) is 5.73 Å². The van der Waals surface area contributed by atoms with Crippen molar-refractivity contribution in [2.45, 2.75) is 30.7 Å². The molecule has 3 rings (SSSR count). The number of piperidine rings is 1. The summed E-state index contributed by atoms with van der Waals surface area (Å²) in [5.41, 5.74) is 7.70. The molecule has 2 aromatic rings. The van der Waals surface area contributed by atoms with Crippen LogP contribution in [-0.4, -0.2) is 49.4 Å². The lowest BCUT2D eigenvalue weighted by molar-refractivity contribution is -0.139. The second-order valence-electron chi connectivity index (χ2n) is 7.99. The number of amides is 1. The predicted octanol–water partition coefficient (Wildman–Crippen LogP) is 2.98. The van der Waals surface area contributed by atoms with Crippen molar-refractivity contribution in [3.8, 4) is 0 Å². The Hall–Kier alpha value is -2.17. The molecular weight excluding hydrogens is 334 g/mol. The van der Waals surface area contributed by atoms with E-state index < -0.39 is 5.41 Å². The fraction of sp³-hybridized carbons (Fsp3) is 0.435. The van der Waals surface area contributed by atoms with E-state index in [1.54, 1.807) is 0 Å². The summed E-state index contributed by atoms with van der Waals surface area (Å²) >= 11 is 0. The lowest BCUT2D eigenvalue weighted by Crippen LogP contribution is -2.56. The van der Waals surface area contributed by atoms with Crippen molar-refractivity contribution < 1.29 is 4.79 Å². The van der Waals surface area contributed by atoms with E-state index in [-0.39, 0.29) is 11.4 Å². The van der Waals surface area contributed by atoms with Gasteiger partial charge in [0.25, 0.3) is 0 Å². The number of likely N-dealkylation sites (tertiary alicyclic amines) is 1. The normalized spacial score (nSPS) is 18.9. The number of carbonyl (C=O) groups is 1. The van der Waals surface area contributed by atoms with Crippen LogP contribution < -0.4 is 5.73 Å². The van der Waals surface area contributed by atoms with Crippen molar-refractivity contribution in [1.82, 2.24) is 9.80 Å². The lowest BCUT2D eigenvalue weighted by Gasteiger charge is -2.48. The quantitative estimate of drug-likeness (QED) is 0.886. The van der Waals surface area contributed by atoms with E-state index in [4.69, 9.17) is 5.73 Å². The van der Waals surface area contributed by atoms with Gasteiger partial charge in [-0.3, -0.25) is 9.69 Å². The molecule has 0 aromatic heterocycles. The van der Waals surface area contributed by atoms with E-state index in [9.17, 15) is 4.79 Å². The second kappa shape index (κ2) is 7.83.